The molecule has 0 fully saturated rings. The molecule has 0 bridgehead atoms. The topological polar surface area (TPSA) is 64.7 Å². The van der Waals surface area contributed by atoms with Crippen molar-refractivity contribution in [2.24, 2.45) is 0 Å². The molecular weight excluding hydrogens is 350 g/mol. The number of hydrogen-bond acceptors (Lipinski definition) is 3. The Morgan fingerprint density at radius 1 is 1.23 bits per heavy atom. The standard InChI is InChI=1S/C19H22ClN5O/c1-12-8-13(2)24(22-12)10-16-6-5-7-17(9-16)21-19(26)15(4)25-11-18(20)14(3)23-25/h5-9,11,15H,10H2,1-4H3,(H,21,26). The molecule has 136 valence electrons. The third-order valence-corrected chi connectivity index (χ3v) is 4.63. The molecule has 0 saturated carbocycles. The number of nitrogens with zero attached hydrogens (tertiary/aromatic N) is 4. The van der Waals surface area contributed by atoms with E-state index in [4.69, 9.17) is 11.6 Å². The molecule has 1 atom stereocenters. The number of aromatic nitrogens is 4. The Labute approximate surface area is 157 Å². The van der Waals surface area contributed by atoms with Crippen LogP contribution in [0.25, 0.3) is 0 Å². The zero-order valence-electron chi connectivity index (χ0n) is 15.3. The number of nitrogens with one attached hydrogen (secondary N) is 1. The van der Waals surface area contributed by atoms with Gasteiger partial charge >= 0.3 is 0 Å². The average molecular weight is 372 g/mol. The van der Waals surface area contributed by atoms with Crippen molar-refractivity contribution >= 4 is 23.2 Å². The second-order valence-electron chi connectivity index (χ2n) is 6.49. The van der Waals surface area contributed by atoms with Crippen LogP contribution in [0.4, 0.5) is 5.69 Å². The van der Waals surface area contributed by atoms with Crippen molar-refractivity contribution in [2.45, 2.75) is 40.3 Å². The normalized spacial score (nSPS) is 12.2. The van der Waals surface area contributed by atoms with Crippen LogP contribution in [-0.4, -0.2) is 25.5 Å². The summed E-state index contributed by atoms with van der Waals surface area (Å²) in [5.74, 6) is -0.146. The second-order valence-corrected chi connectivity index (χ2v) is 6.90. The van der Waals surface area contributed by atoms with E-state index in [1.54, 1.807) is 17.8 Å². The van der Waals surface area contributed by atoms with Gasteiger partial charge in [0, 0.05) is 17.6 Å². The monoisotopic (exact) mass is 371 g/mol. The van der Waals surface area contributed by atoms with Crippen molar-refractivity contribution in [3.63, 3.8) is 0 Å². The first-order chi connectivity index (χ1) is 12.3. The number of amides is 1. The molecule has 2 heterocycles. The first kappa shape index (κ1) is 18.2. The van der Waals surface area contributed by atoms with Gasteiger partial charge in [0.15, 0.2) is 0 Å². The maximum absolute atomic E-state index is 12.5. The predicted molar refractivity (Wildman–Crippen MR) is 103 cm³/mol. The number of benzene rings is 1. The average Bonchev–Trinajstić information content (AvgIpc) is 3.08. The first-order valence-corrected chi connectivity index (χ1v) is 8.83. The smallest absolute Gasteiger partial charge is 0.248 e. The zero-order chi connectivity index (χ0) is 18.8. The number of anilines is 1. The van der Waals surface area contributed by atoms with Crippen molar-refractivity contribution < 1.29 is 4.79 Å². The molecule has 0 aliphatic rings. The first-order valence-electron chi connectivity index (χ1n) is 8.45. The van der Waals surface area contributed by atoms with Crippen molar-refractivity contribution in [1.29, 1.82) is 0 Å². The molecule has 0 aliphatic heterocycles. The van der Waals surface area contributed by atoms with E-state index in [0.29, 0.717) is 17.3 Å². The fraction of sp³-hybridized carbons (Fsp3) is 0.316. The molecule has 1 aromatic carbocycles. The Bertz CT molecular complexity index is 924. The van der Waals surface area contributed by atoms with Crippen LogP contribution < -0.4 is 5.32 Å². The molecule has 6 nitrogen and oxygen atoms in total. The van der Waals surface area contributed by atoms with Crippen LogP contribution in [0, 0.1) is 20.8 Å². The Hall–Kier alpha value is -2.60. The molecule has 26 heavy (non-hydrogen) atoms. The summed E-state index contributed by atoms with van der Waals surface area (Å²) >= 11 is 6.03. The molecule has 0 spiro atoms. The molecule has 1 unspecified atom stereocenters. The molecule has 0 radical (unpaired) electrons. The van der Waals surface area contributed by atoms with Crippen LogP contribution in [-0.2, 0) is 11.3 Å². The van der Waals surface area contributed by atoms with E-state index in [1.165, 1.54) is 0 Å². The molecule has 0 aliphatic carbocycles. The number of hydrogen-bond donors (Lipinski definition) is 1. The molecule has 7 heteroatoms. The maximum atomic E-state index is 12.5. The highest BCUT2D eigenvalue weighted by Gasteiger charge is 2.17. The minimum Gasteiger partial charge on any atom is -0.324 e. The number of carbonyl (C=O) groups excluding carboxylic acids is 1. The fourth-order valence-corrected chi connectivity index (χ4v) is 2.92. The minimum absolute atomic E-state index is 0.146. The van der Waals surface area contributed by atoms with Crippen molar-refractivity contribution in [3.8, 4) is 0 Å². The predicted octanol–water partition coefficient (Wildman–Crippen LogP) is 3.91. The molecular formula is C19H22ClN5O. The molecule has 3 rings (SSSR count). The van der Waals surface area contributed by atoms with Gasteiger partial charge in [-0.15, -0.1) is 0 Å². The lowest BCUT2D eigenvalue weighted by Gasteiger charge is -2.13. The van der Waals surface area contributed by atoms with Crippen LogP contribution in [0.2, 0.25) is 5.02 Å². The van der Waals surface area contributed by atoms with Crippen molar-refractivity contribution in [3.05, 3.63) is 64.2 Å². The summed E-state index contributed by atoms with van der Waals surface area (Å²) in [6.07, 6.45) is 1.67. The highest BCUT2D eigenvalue weighted by molar-refractivity contribution is 6.31. The molecule has 2 aromatic heterocycles. The third kappa shape index (κ3) is 3.96. The summed E-state index contributed by atoms with van der Waals surface area (Å²) in [6.45, 7) is 8.27. The lowest BCUT2D eigenvalue weighted by Crippen LogP contribution is -2.24. The van der Waals surface area contributed by atoms with E-state index in [1.807, 2.05) is 55.8 Å². The molecule has 1 amide bonds. The van der Waals surface area contributed by atoms with E-state index >= 15 is 0 Å². The highest BCUT2D eigenvalue weighted by atomic mass is 35.5. The van der Waals surface area contributed by atoms with E-state index in [2.05, 4.69) is 15.5 Å². The van der Waals surface area contributed by atoms with Gasteiger partial charge in [0.05, 0.1) is 23.0 Å². The van der Waals surface area contributed by atoms with Crippen LogP contribution >= 0.6 is 11.6 Å². The third-order valence-electron chi connectivity index (χ3n) is 4.26. The van der Waals surface area contributed by atoms with E-state index in [0.717, 1.165) is 22.6 Å². The van der Waals surface area contributed by atoms with Crippen LogP contribution in [0.5, 0.6) is 0 Å². The summed E-state index contributed by atoms with van der Waals surface area (Å²) < 4.78 is 3.53. The van der Waals surface area contributed by atoms with Gasteiger partial charge in [0.2, 0.25) is 5.91 Å². The summed E-state index contributed by atoms with van der Waals surface area (Å²) in [5.41, 5.74) is 4.62. The lowest BCUT2D eigenvalue weighted by molar-refractivity contribution is -0.119. The van der Waals surface area contributed by atoms with E-state index < -0.39 is 6.04 Å². The number of halogens is 1. The van der Waals surface area contributed by atoms with E-state index in [-0.39, 0.29) is 5.91 Å². The SMILES string of the molecule is Cc1cc(C)n(Cc2cccc(NC(=O)C(C)n3cc(Cl)c(C)n3)c2)n1. The number of rotatable bonds is 5. The van der Waals surface area contributed by atoms with Crippen LogP contribution in [0.15, 0.2) is 36.5 Å². The maximum Gasteiger partial charge on any atom is 0.248 e. The molecule has 1 N–H and O–H groups in total. The van der Waals surface area contributed by atoms with Gasteiger partial charge in [-0.25, -0.2) is 0 Å². The van der Waals surface area contributed by atoms with Gasteiger partial charge in [-0.3, -0.25) is 14.2 Å². The lowest BCUT2D eigenvalue weighted by atomic mass is 10.2. The number of carbonyl (C=O) groups is 1. The van der Waals surface area contributed by atoms with E-state index in [9.17, 15) is 4.79 Å². The zero-order valence-corrected chi connectivity index (χ0v) is 16.1. The Kier molecular flexibility index (Phi) is 5.13. The summed E-state index contributed by atoms with van der Waals surface area (Å²) in [7, 11) is 0. The fourth-order valence-electron chi connectivity index (χ4n) is 2.78. The molecule has 0 saturated heterocycles. The Morgan fingerprint density at radius 3 is 2.62 bits per heavy atom. The Balaban J connectivity index is 1.71. The largest absolute Gasteiger partial charge is 0.324 e. The van der Waals surface area contributed by atoms with Gasteiger partial charge in [0.1, 0.15) is 6.04 Å². The minimum atomic E-state index is -0.458. The van der Waals surface area contributed by atoms with Crippen molar-refractivity contribution in [2.75, 3.05) is 5.32 Å². The Morgan fingerprint density at radius 2 is 2.00 bits per heavy atom. The summed E-state index contributed by atoms with van der Waals surface area (Å²) in [5, 5.41) is 12.2. The number of aryl methyl sites for hydroxylation is 3. The van der Waals surface area contributed by atoms with Crippen molar-refractivity contribution in [1.82, 2.24) is 19.6 Å². The van der Waals surface area contributed by atoms with Gasteiger partial charge in [-0.2, -0.15) is 10.2 Å². The van der Waals surface area contributed by atoms with Gasteiger partial charge < -0.3 is 5.32 Å². The quantitative estimate of drug-likeness (QED) is 0.739. The van der Waals surface area contributed by atoms with Gasteiger partial charge in [-0.1, -0.05) is 23.7 Å². The second kappa shape index (κ2) is 7.33. The van der Waals surface area contributed by atoms with Crippen LogP contribution in [0.1, 0.15) is 35.6 Å². The molecule has 3 aromatic rings. The van der Waals surface area contributed by atoms with Gasteiger partial charge in [0.25, 0.3) is 0 Å². The highest BCUT2D eigenvalue weighted by Crippen LogP contribution is 2.18. The van der Waals surface area contributed by atoms with Crippen LogP contribution in [0.3, 0.4) is 0 Å². The summed E-state index contributed by atoms with van der Waals surface area (Å²) in [4.78, 5) is 12.5. The van der Waals surface area contributed by atoms with Gasteiger partial charge in [-0.05, 0) is 51.5 Å². The summed E-state index contributed by atoms with van der Waals surface area (Å²) in [6, 6.07) is 9.37.